The van der Waals surface area contributed by atoms with Crippen molar-refractivity contribution >= 4 is 11.8 Å². The molecule has 3 aliphatic rings. The quantitative estimate of drug-likeness (QED) is 0.484. The minimum Gasteiger partial charge on any atom is -0.394 e. The summed E-state index contributed by atoms with van der Waals surface area (Å²) in [6.07, 6.45) is -6.46. The predicted molar refractivity (Wildman–Crippen MR) is 57.4 cm³/mol. The maximum absolute atomic E-state index is 11.2. The Labute approximate surface area is 112 Å². The normalized spacial score (nSPS) is 46.8. The predicted octanol–water partition coefficient (Wildman–Crippen LogP) is -3.47. The highest BCUT2D eigenvalue weighted by Gasteiger charge is 2.59. The Morgan fingerprint density at radius 3 is 2.05 bits per heavy atom. The molecule has 0 bridgehead atoms. The average Bonchev–Trinajstić information content (AvgIpc) is 2.94. The molecule has 0 aliphatic carbocycles. The van der Waals surface area contributed by atoms with Crippen LogP contribution in [0, 0.1) is 0 Å². The van der Waals surface area contributed by atoms with Crippen molar-refractivity contribution in [2.45, 2.75) is 43.3 Å². The van der Waals surface area contributed by atoms with Crippen LogP contribution in [0.25, 0.3) is 0 Å². The molecule has 2 amide bonds. The number of aliphatic hydroxyl groups excluding tert-OH is 1. The van der Waals surface area contributed by atoms with Crippen molar-refractivity contribution in [3.05, 3.63) is 0 Å². The number of nitrogens with two attached hydrogens (primary N) is 2. The van der Waals surface area contributed by atoms with E-state index >= 15 is 0 Å². The maximum Gasteiger partial charge on any atom is 0.274 e. The molecule has 5 N–H and O–H groups in total. The van der Waals surface area contributed by atoms with Crippen LogP contribution in [0.5, 0.6) is 0 Å². The fourth-order valence-electron chi connectivity index (χ4n) is 2.48. The zero-order valence-electron chi connectivity index (χ0n) is 10.2. The summed E-state index contributed by atoms with van der Waals surface area (Å²) >= 11 is 0. The lowest BCUT2D eigenvalue weighted by Crippen LogP contribution is -2.56. The monoisotopic (exact) mass is 290 g/mol. The van der Waals surface area contributed by atoms with Crippen molar-refractivity contribution in [3.8, 4) is 0 Å². The smallest absolute Gasteiger partial charge is 0.274 e. The molecule has 3 rings (SSSR count). The van der Waals surface area contributed by atoms with E-state index in [4.69, 9.17) is 35.2 Å². The highest BCUT2D eigenvalue weighted by Crippen LogP contribution is 2.39. The maximum atomic E-state index is 11.2. The number of aliphatic hydroxyl groups is 1. The Bertz CT molecular complexity index is 431. The third kappa shape index (κ3) is 2.06. The van der Waals surface area contributed by atoms with E-state index in [1.54, 1.807) is 0 Å². The molecule has 0 aromatic heterocycles. The van der Waals surface area contributed by atoms with Gasteiger partial charge >= 0.3 is 0 Å². The number of amides is 2. The summed E-state index contributed by atoms with van der Waals surface area (Å²) < 4.78 is 26.5. The molecule has 20 heavy (non-hydrogen) atoms. The summed E-state index contributed by atoms with van der Waals surface area (Å²) in [5.74, 6) is -1.63. The first-order valence-electron chi connectivity index (χ1n) is 5.98. The van der Waals surface area contributed by atoms with Gasteiger partial charge in [-0.2, -0.15) is 0 Å². The van der Waals surface area contributed by atoms with Gasteiger partial charge in [0.1, 0.15) is 24.4 Å². The summed E-state index contributed by atoms with van der Waals surface area (Å²) in [4.78, 5) is 22.2. The van der Waals surface area contributed by atoms with Crippen molar-refractivity contribution in [3.63, 3.8) is 0 Å². The van der Waals surface area contributed by atoms with E-state index in [-0.39, 0.29) is 0 Å². The van der Waals surface area contributed by atoms with Crippen molar-refractivity contribution in [2.75, 3.05) is 6.61 Å². The minimum atomic E-state index is -1.33. The number of hydrogen-bond donors (Lipinski definition) is 3. The van der Waals surface area contributed by atoms with Gasteiger partial charge in [0, 0.05) is 0 Å². The number of rotatable bonds is 3. The average molecular weight is 290 g/mol. The van der Waals surface area contributed by atoms with Crippen LogP contribution in [0.15, 0.2) is 0 Å². The number of carbonyl (C=O) groups is 2. The van der Waals surface area contributed by atoms with Crippen LogP contribution >= 0.6 is 0 Å². The number of primary amides is 2. The van der Waals surface area contributed by atoms with E-state index < -0.39 is 61.7 Å². The lowest BCUT2D eigenvalue weighted by Gasteiger charge is -2.36. The second kappa shape index (κ2) is 4.91. The molecule has 3 aliphatic heterocycles. The van der Waals surface area contributed by atoms with Crippen LogP contribution in [0.1, 0.15) is 0 Å². The fourth-order valence-corrected chi connectivity index (χ4v) is 2.48. The third-order valence-corrected chi connectivity index (χ3v) is 3.34. The van der Waals surface area contributed by atoms with Gasteiger partial charge in [-0.3, -0.25) is 9.59 Å². The SMILES string of the molecule is NC(=O)C1OC2OC3C(CO)OC(C(N)=O)OC3C2O1. The summed E-state index contributed by atoms with van der Waals surface area (Å²) in [6.45, 7) is -0.396. The van der Waals surface area contributed by atoms with Crippen LogP contribution in [0.2, 0.25) is 0 Å². The van der Waals surface area contributed by atoms with E-state index in [2.05, 4.69) is 0 Å². The van der Waals surface area contributed by atoms with E-state index in [1.165, 1.54) is 0 Å². The van der Waals surface area contributed by atoms with Gasteiger partial charge in [-0.05, 0) is 0 Å². The van der Waals surface area contributed by atoms with Crippen LogP contribution in [0.4, 0.5) is 0 Å². The molecule has 7 unspecified atom stereocenters. The largest absolute Gasteiger partial charge is 0.394 e. The van der Waals surface area contributed by atoms with Crippen LogP contribution < -0.4 is 11.5 Å². The van der Waals surface area contributed by atoms with Crippen molar-refractivity contribution < 1.29 is 38.4 Å². The molecule has 7 atom stereocenters. The first-order valence-corrected chi connectivity index (χ1v) is 5.98. The number of ether oxygens (including phenoxy) is 5. The molecule has 10 nitrogen and oxygen atoms in total. The van der Waals surface area contributed by atoms with Gasteiger partial charge in [-0.15, -0.1) is 0 Å². The van der Waals surface area contributed by atoms with Gasteiger partial charge in [0.05, 0.1) is 6.61 Å². The standard InChI is InChI=1S/C10H14N2O8/c11-6(14)9-16-2(1-13)3-4(18-9)5-8(17-3)20-10(19-5)7(12)15/h2-5,8-10,13H,1H2,(H2,11,14)(H2,12,15). The Kier molecular flexibility index (Phi) is 3.36. The molecule has 10 heteroatoms. The van der Waals surface area contributed by atoms with Gasteiger partial charge in [-0.25, -0.2) is 0 Å². The Morgan fingerprint density at radius 2 is 1.45 bits per heavy atom. The summed E-state index contributed by atoms with van der Waals surface area (Å²) in [5, 5.41) is 9.27. The topological polar surface area (TPSA) is 153 Å². The first-order chi connectivity index (χ1) is 9.51. The molecular weight excluding hydrogens is 276 g/mol. The minimum absolute atomic E-state index is 0.396. The van der Waals surface area contributed by atoms with Gasteiger partial charge in [0.15, 0.2) is 6.29 Å². The fraction of sp³-hybridized carbons (Fsp3) is 0.800. The van der Waals surface area contributed by atoms with Crippen LogP contribution in [0.3, 0.4) is 0 Å². The molecule has 0 spiro atoms. The van der Waals surface area contributed by atoms with Crippen molar-refractivity contribution in [1.29, 1.82) is 0 Å². The summed E-state index contributed by atoms with van der Waals surface area (Å²) in [6, 6.07) is 0. The second-order valence-corrected chi connectivity index (χ2v) is 4.63. The molecule has 0 saturated carbocycles. The van der Waals surface area contributed by atoms with Gasteiger partial charge in [0.25, 0.3) is 11.8 Å². The van der Waals surface area contributed by atoms with Gasteiger partial charge in [0.2, 0.25) is 12.6 Å². The molecule has 0 aromatic carbocycles. The van der Waals surface area contributed by atoms with Crippen molar-refractivity contribution in [1.82, 2.24) is 0 Å². The highest BCUT2D eigenvalue weighted by molar-refractivity contribution is 5.78. The number of carbonyl (C=O) groups excluding carboxylic acids is 2. The van der Waals surface area contributed by atoms with E-state index in [1.807, 2.05) is 0 Å². The molecule has 3 fully saturated rings. The zero-order chi connectivity index (χ0) is 14.4. The Hall–Kier alpha value is -1.30. The lowest BCUT2D eigenvalue weighted by atomic mass is 10.0. The molecule has 112 valence electrons. The van der Waals surface area contributed by atoms with Gasteiger partial charge in [-0.1, -0.05) is 0 Å². The van der Waals surface area contributed by atoms with Crippen LogP contribution in [-0.2, 0) is 33.3 Å². The molecule has 0 aromatic rings. The van der Waals surface area contributed by atoms with Crippen LogP contribution in [-0.4, -0.2) is 66.8 Å². The molecule has 3 saturated heterocycles. The summed E-state index contributed by atoms with van der Waals surface area (Å²) in [7, 11) is 0. The zero-order valence-corrected chi connectivity index (χ0v) is 10.2. The molecule has 3 heterocycles. The molecule has 0 radical (unpaired) electrons. The number of hydrogen-bond acceptors (Lipinski definition) is 8. The van der Waals surface area contributed by atoms with E-state index in [0.29, 0.717) is 0 Å². The van der Waals surface area contributed by atoms with Crippen molar-refractivity contribution in [2.24, 2.45) is 11.5 Å². The van der Waals surface area contributed by atoms with E-state index in [0.717, 1.165) is 0 Å². The van der Waals surface area contributed by atoms with E-state index in [9.17, 15) is 14.7 Å². The second-order valence-electron chi connectivity index (χ2n) is 4.63. The lowest BCUT2D eigenvalue weighted by molar-refractivity contribution is -0.288. The Balaban J connectivity index is 1.78. The first kappa shape index (κ1) is 13.7. The summed E-state index contributed by atoms with van der Waals surface area (Å²) in [5.41, 5.74) is 10.2. The Morgan fingerprint density at radius 1 is 0.850 bits per heavy atom. The molecular formula is C10H14N2O8. The number of fused-ring (bicyclic) bond motifs is 3. The third-order valence-electron chi connectivity index (χ3n) is 3.34. The highest BCUT2D eigenvalue weighted by atomic mass is 16.8. The van der Waals surface area contributed by atoms with Gasteiger partial charge < -0.3 is 40.3 Å².